The summed E-state index contributed by atoms with van der Waals surface area (Å²) in [6, 6.07) is 0. The maximum absolute atomic E-state index is 12.5. The normalized spacial score (nSPS) is 37.5. The third-order valence-corrected chi connectivity index (χ3v) is 6.42. The molecule has 0 aromatic rings. The van der Waals surface area contributed by atoms with Gasteiger partial charge in [-0.25, -0.2) is 4.79 Å². The average Bonchev–Trinajstić information content (AvgIpc) is 2.46. The molecule has 24 heavy (non-hydrogen) atoms. The summed E-state index contributed by atoms with van der Waals surface area (Å²) in [4.78, 5) is 12.5. The Morgan fingerprint density at radius 1 is 0.750 bits per heavy atom. The molecule has 2 aliphatic rings. The Hall–Kier alpha value is -0.730. The lowest BCUT2D eigenvalue weighted by Crippen LogP contribution is -2.39. The molecule has 3 heteroatoms. The molecule has 0 bridgehead atoms. The number of ether oxygens (including phenoxy) is 2. The quantitative estimate of drug-likeness (QED) is 0.584. The highest BCUT2D eigenvalue weighted by molar-refractivity contribution is 5.60. The van der Waals surface area contributed by atoms with Crippen molar-refractivity contribution in [1.29, 1.82) is 0 Å². The van der Waals surface area contributed by atoms with E-state index >= 15 is 0 Å². The molecule has 6 atom stereocenters. The second-order valence-electron chi connectivity index (χ2n) is 9.21. The van der Waals surface area contributed by atoms with Gasteiger partial charge in [-0.2, -0.15) is 0 Å². The van der Waals surface area contributed by atoms with Crippen molar-refractivity contribution < 1.29 is 14.3 Å². The molecule has 3 nitrogen and oxygen atoms in total. The van der Waals surface area contributed by atoms with Gasteiger partial charge in [0.05, 0.1) is 0 Å². The van der Waals surface area contributed by atoms with Gasteiger partial charge in [0.1, 0.15) is 12.2 Å². The first-order valence-electron chi connectivity index (χ1n) is 10.1. The van der Waals surface area contributed by atoms with E-state index in [2.05, 4.69) is 41.5 Å². The van der Waals surface area contributed by atoms with Gasteiger partial charge in [0.15, 0.2) is 0 Å². The van der Waals surface area contributed by atoms with Crippen LogP contribution in [0.5, 0.6) is 0 Å². The van der Waals surface area contributed by atoms with Crippen LogP contribution in [0.15, 0.2) is 0 Å². The van der Waals surface area contributed by atoms with Crippen LogP contribution in [0.3, 0.4) is 0 Å². The fraction of sp³-hybridized carbons (Fsp3) is 0.952. The highest BCUT2D eigenvalue weighted by Crippen LogP contribution is 2.37. The van der Waals surface area contributed by atoms with Gasteiger partial charge < -0.3 is 9.47 Å². The Kier molecular flexibility index (Phi) is 7.00. The van der Waals surface area contributed by atoms with E-state index in [1.54, 1.807) is 0 Å². The van der Waals surface area contributed by atoms with Gasteiger partial charge in [0.2, 0.25) is 0 Å². The van der Waals surface area contributed by atoms with E-state index in [0.29, 0.717) is 35.5 Å². The smallest absolute Gasteiger partial charge is 0.431 e. The molecule has 2 rings (SSSR count). The van der Waals surface area contributed by atoms with Crippen LogP contribution in [0.2, 0.25) is 0 Å². The monoisotopic (exact) mass is 338 g/mol. The molecule has 0 aliphatic heterocycles. The SMILES string of the molecule is CC(C)[C@H]1CC[C@H](C)C[C@@H]1OC(=O)O[C@H]1C[C@@H](C)CC[C@@H]1C(C)C. The lowest BCUT2D eigenvalue weighted by atomic mass is 9.75. The summed E-state index contributed by atoms with van der Waals surface area (Å²) in [6.45, 7) is 13.5. The fourth-order valence-electron chi connectivity index (χ4n) is 4.78. The molecule has 0 aromatic heterocycles. The Morgan fingerprint density at radius 3 is 1.46 bits per heavy atom. The van der Waals surface area contributed by atoms with E-state index in [4.69, 9.17) is 9.47 Å². The maximum Gasteiger partial charge on any atom is 0.508 e. The first-order chi connectivity index (χ1) is 11.3. The molecule has 0 spiro atoms. The molecular formula is C21H38O3. The van der Waals surface area contributed by atoms with Crippen LogP contribution in [-0.4, -0.2) is 18.4 Å². The molecule has 2 saturated carbocycles. The van der Waals surface area contributed by atoms with Crippen LogP contribution in [0, 0.1) is 35.5 Å². The average molecular weight is 339 g/mol. The van der Waals surface area contributed by atoms with Crippen molar-refractivity contribution in [2.24, 2.45) is 35.5 Å². The van der Waals surface area contributed by atoms with Crippen LogP contribution < -0.4 is 0 Å². The predicted octanol–water partition coefficient (Wildman–Crippen LogP) is 6.06. The van der Waals surface area contributed by atoms with E-state index in [1.807, 2.05) is 0 Å². The van der Waals surface area contributed by atoms with Gasteiger partial charge in [-0.05, 0) is 61.2 Å². The lowest BCUT2D eigenvalue weighted by molar-refractivity contribution is -0.0697. The van der Waals surface area contributed by atoms with Crippen molar-refractivity contribution in [2.45, 2.75) is 92.3 Å². The summed E-state index contributed by atoms with van der Waals surface area (Å²) in [7, 11) is 0. The Morgan fingerprint density at radius 2 is 1.12 bits per heavy atom. The topological polar surface area (TPSA) is 35.5 Å². The summed E-state index contributed by atoms with van der Waals surface area (Å²) in [6.07, 6.45) is 6.39. The van der Waals surface area contributed by atoms with E-state index in [9.17, 15) is 4.79 Å². The van der Waals surface area contributed by atoms with Crippen LogP contribution in [0.25, 0.3) is 0 Å². The third kappa shape index (κ3) is 5.13. The van der Waals surface area contributed by atoms with Gasteiger partial charge in [-0.15, -0.1) is 0 Å². The summed E-state index contributed by atoms with van der Waals surface area (Å²) in [5.41, 5.74) is 0. The number of hydrogen-bond acceptors (Lipinski definition) is 3. The zero-order chi connectivity index (χ0) is 17.9. The van der Waals surface area contributed by atoms with E-state index < -0.39 is 6.16 Å². The molecule has 0 N–H and O–H groups in total. The highest BCUT2D eigenvalue weighted by Gasteiger charge is 2.37. The summed E-state index contributed by atoms with van der Waals surface area (Å²) in [5.74, 6) is 3.31. The molecule has 140 valence electrons. The Labute approximate surface area is 148 Å². The van der Waals surface area contributed by atoms with E-state index in [1.165, 1.54) is 12.8 Å². The van der Waals surface area contributed by atoms with Crippen molar-refractivity contribution in [2.75, 3.05) is 0 Å². The minimum Gasteiger partial charge on any atom is -0.431 e. The molecule has 0 radical (unpaired) electrons. The Balaban J connectivity index is 1.94. The predicted molar refractivity (Wildman–Crippen MR) is 97.8 cm³/mol. The maximum atomic E-state index is 12.5. The summed E-state index contributed by atoms with van der Waals surface area (Å²) in [5, 5.41) is 0. The first kappa shape index (κ1) is 19.6. The number of rotatable bonds is 4. The number of carbonyl (C=O) groups is 1. The highest BCUT2D eigenvalue weighted by atomic mass is 16.7. The van der Waals surface area contributed by atoms with Crippen molar-refractivity contribution in [3.63, 3.8) is 0 Å². The number of hydrogen-bond donors (Lipinski definition) is 0. The summed E-state index contributed by atoms with van der Waals surface area (Å²) >= 11 is 0. The fourth-order valence-corrected chi connectivity index (χ4v) is 4.78. The van der Waals surface area contributed by atoms with Crippen molar-refractivity contribution in [1.82, 2.24) is 0 Å². The third-order valence-electron chi connectivity index (χ3n) is 6.42. The summed E-state index contributed by atoms with van der Waals surface area (Å²) < 4.78 is 11.7. The molecule has 0 saturated heterocycles. The van der Waals surface area contributed by atoms with Crippen LogP contribution >= 0.6 is 0 Å². The van der Waals surface area contributed by atoms with Crippen molar-refractivity contribution >= 4 is 6.16 Å². The standard InChI is InChI=1S/C21H38O3/c1-13(2)17-9-7-15(5)11-19(17)23-21(22)24-20-12-16(6)8-10-18(20)14(3)4/h13-20H,7-12H2,1-6H3/t15-,16-,17+,18+,19-,20-/m0/s1. The van der Waals surface area contributed by atoms with Crippen molar-refractivity contribution in [3.8, 4) is 0 Å². The molecule has 2 aliphatic carbocycles. The minimum atomic E-state index is -0.426. The van der Waals surface area contributed by atoms with Gasteiger partial charge in [0.25, 0.3) is 0 Å². The zero-order valence-corrected chi connectivity index (χ0v) is 16.6. The number of carbonyl (C=O) groups excluding carboxylic acids is 1. The minimum absolute atomic E-state index is 0.0276. The molecule has 0 aromatic carbocycles. The lowest BCUT2D eigenvalue weighted by Gasteiger charge is -2.38. The first-order valence-corrected chi connectivity index (χ1v) is 10.1. The van der Waals surface area contributed by atoms with E-state index in [-0.39, 0.29) is 12.2 Å². The molecule has 0 amide bonds. The van der Waals surface area contributed by atoms with Crippen molar-refractivity contribution in [3.05, 3.63) is 0 Å². The molecule has 0 unspecified atom stereocenters. The largest absolute Gasteiger partial charge is 0.508 e. The molecule has 0 heterocycles. The Bertz CT molecular complexity index is 368. The molecular weight excluding hydrogens is 300 g/mol. The van der Waals surface area contributed by atoms with Crippen LogP contribution in [0.4, 0.5) is 4.79 Å². The van der Waals surface area contributed by atoms with Gasteiger partial charge >= 0.3 is 6.16 Å². The second kappa shape index (κ2) is 8.58. The van der Waals surface area contributed by atoms with Gasteiger partial charge in [-0.1, -0.05) is 54.4 Å². The van der Waals surface area contributed by atoms with Crippen LogP contribution in [0.1, 0.15) is 80.1 Å². The zero-order valence-electron chi connectivity index (χ0n) is 16.6. The van der Waals surface area contributed by atoms with Crippen LogP contribution in [-0.2, 0) is 9.47 Å². The molecule has 2 fully saturated rings. The second-order valence-corrected chi connectivity index (χ2v) is 9.21. The van der Waals surface area contributed by atoms with E-state index in [0.717, 1.165) is 25.7 Å². The van der Waals surface area contributed by atoms with Gasteiger partial charge in [-0.3, -0.25) is 0 Å². The van der Waals surface area contributed by atoms with Gasteiger partial charge in [0, 0.05) is 0 Å².